The van der Waals surface area contributed by atoms with Gasteiger partial charge in [-0.05, 0) is 34.8 Å². The quantitative estimate of drug-likeness (QED) is 0.422. The van der Waals surface area contributed by atoms with Gasteiger partial charge in [-0.15, -0.1) is 0 Å². The molecule has 0 spiro atoms. The van der Waals surface area contributed by atoms with Crippen molar-refractivity contribution in [2.75, 3.05) is 18.5 Å². The Hall–Kier alpha value is -1.63. The fraction of sp³-hybridized carbons (Fsp3) is 0.500. The molecule has 0 unspecified atom stereocenters. The largest absolute Gasteiger partial charge is 0.492 e. The van der Waals surface area contributed by atoms with Gasteiger partial charge < -0.3 is 15.2 Å². The van der Waals surface area contributed by atoms with Crippen molar-refractivity contribution in [3.8, 4) is 5.88 Å². The molecule has 0 aliphatic rings. The number of hydrogen-bond acceptors (Lipinski definition) is 6. The first kappa shape index (κ1) is 17.4. The van der Waals surface area contributed by atoms with Crippen LogP contribution in [0.1, 0.15) is 43.5 Å². The molecule has 0 aliphatic carbocycles. The van der Waals surface area contributed by atoms with Gasteiger partial charge >= 0.3 is 5.97 Å². The summed E-state index contributed by atoms with van der Waals surface area (Å²) in [5.74, 6) is -0.903. The zero-order valence-corrected chi connectivity index (χ0v) is 13.7. The standard InChI is InChI=1S/C14H19BrN2O4/c1-3-5-16-13-9(7-10(15)14(20)17-13)11(18)8-12(19)21-6-4-2/h7H,3-6,8H2,1-2H3,(H2,16,17,20). The number of nitrogens with one attached hydrogen (secondary N) is 1. The summed E-state index contributed by atoms with van der Waals surface area (Å²) in [6.45, 7) is 4.75. The summed E-state index contributed by atoms with van der Waals surface area (Å²) in [5, 5.41) is 12.6. The highest BCUT2D eigenvalue weighted by Gasteiger charge is 2.19. The molecule has 0 aromatic carbocycles. The van der Waals surface area contributed by atoms with Gasteiger partial charge in [0.15, 0.2) is 5.78 Å². The Morgan fingerprint density at radius 3 is 2.71 bits per heavy atom. The molecule has 0 saturated carbocycles. The maximum absolute atomic E-state index is 12.2. The molecular formula is C14H19BrN2O4. The smallest absolute Gasteiger partial charge is 0.313 e. The number of hydrogen-bond donors (Lipinski definition) is 2. The molecule has 0 amide bonds. The van der Waals surface area contributed by atoms with E-state index in [9.17, 15) is 14.7 Å². The van der Waals surface area contributed by atoms with Crippen molar-refractivity contribution in [1.29, 1.82) is 0 Å². The Bertz CT molecular complexity index is 520. The van der Waals surface area contributed by atoms with E-state index in [1.54, 1.807) is 0 Å². The second-order valence-electron chi connectivity index (χ2n) is 4.44. The van der Waals surface area contributed by atoms with E-state index in [1.165, 1.54) is 6.07 Å². The number of halogens is 1. The van der Waals surface area contributed by atoms with Crippen molar-refractivity contribution in [2.24, 2.45) is 0 Å². The Labute approximate surface area is 132 Å². The highest BCUT2D eigenvalue weighted by atomic mass is 79.9. The van der Waals surface area contributed by atoms with Crippen LogP contribution in [-0.4, -0.2) is 35.0 Å². The molecule has 0 radical (unpaired) electrons. The molecule has 0 fully saturated rings. The lowest BCUT2D eigenvalue weighted by Gasteiger charge is -2.11. The van der Waals surface area contributed by atoms with Crippen LogP contribution in [0.3, 0.4) is 0 Å². The van der Waals surface area contributed by atoms with Crippen molar-refractivity contribution >= 4 is 33.5 Å². The molecule has 0 saturated heterocycles. The van der Waals surface area contributed by atoms with Crippen molar-refractivity contribution in [3.63, 3.8) is 0 Å². The first-order chi connectivity index (χ1) is 9.99. The van der Waals surface area contributed by atoms with E-state index < -0.39 is 11.8 Å². The van der Waals surface area contributed by atoms with Gasteiger partial charge in [0.05, 0.1) is 16.6 Å². The van der Waals surface area contributed by atoms with Crippen LogP contribution >= 0.6 is 15.9 Å². The minimum Gasteiger partial charge on any atom is -0.492 e. The second-order valence-corrected chi connectivity index (χ2v) is 5.29. The summed E-state index contributed by atoms with van der Waals surface area (Å²) >= 11 is 3.12. The van der Waals surface area contributed by atoms with E-state index in [0.29, 0.717) is 24.0 Å². The van der Waals surface area contributed by atoms with Crippen molar-refractivity contribution < 1.29 is 19.4 Å². The van der Waals surface area contributed by atoms with Gasteiger partial charge in [-0.3, -0.25) is 9.59 Å². The molecule has 116 valence electrons. The first-order valence-corrected chi connectivity index (χ1v) is 7.61. The third-order valence-electron chi connectivity index (χ3n) is 2.57. The number of nitrogens with zero attached hydrogens (tertiary/aromatic N) is 1. The number of aromatic hydroxyl groups is 1. The van der Waals surface area contributed by atoms with Gasteiger partial charge in [-0.2, -0.15) is 4.98 Å². The molecule has 0 bridgehead atoms. The summed E-state index contributed by atoms with van der Waals surface area (Å²) < 4.78 is 5.20. The Kier molecular flexibility index (Phi) is 7.14. The zero-order chi connectivity index (χ0) is 15.8. The van der Waals surface area contributed by atoms with Crippen molar-refractivity contribution in [3.05, 3.63) is 16.1 Å². The van der Waals surface area contributed by atoms with E-state index in [2.05, 4.69) is 26.2 Å². The monoisotopic (exact) mass is 358 g/mol. The maximum Gasteiger partial charge on any atom is 0.313 e. The molecule has 0 aliphatic heterocycles. The summed E-state index contributed by atoms with van der Waals surface area (Å²) in [6, 6.07) is 1.45. The first-order valence-electron chi connectivity index (χ1n) is 6.81. The number of rotatable bonds is 8. The number of aromatic nitrogens is 1. The second kappa shape index (κ2) is 8.61. The Morgan fingerprint density at radius 1 is 1.38 bits per heavy atom. The normalized spacial score (nSPS) is 10.2. The van der Waals surface area contributed by atoms with Crippen molar-refractivity contribution in [1.82, 2.24) is 4.98 Å². The maximum atomic E-state index is 12.2. The molecule has 21 heavy (non-hydrogen) atoms. The van der Waals surface area contributed by atoms with E-state index in [4.69, 9.17) is 4.74 Å². The topological polar surface area (TPSA) is 88.5 Å². The van der Waals surface area contributed by atoms with E-state index in [0.717, 1.165) is 6.42 Å². The average Bonchev–Trinajstić information content (AvgIpc) is 2.45. The third kappa shape index (κ3) is 5.34. The highest BCUT2D eigenvalue weighted by molar-refractivity contribution is 9.10. The number of anilines is 1. The van der Waals surface area contributed by atoms with E-state index >= 15 is 0 Å². The van der Waals surface area contributed by atoms with Gasteiger partial charge in [0.1, 0.15) is 12.2 Å². The lowest BCUT2D eigenvalue weighted by atomic mass is 10.1. The third-order valence-corrected chi connectivity index (χ3v) is 3.16. The van der Waals surface area contributed by atoms with Crippen LogP contribution in [0, 0.1) is 0 Å². The van der Waals surface area contributed by atoms with Crippen LogP contribution in [0.15, 0.2) is 10.5 Å². The minimum absolute atomic E-state index is 0.210. The zero-order valence-electron chi connectivity index (χ0n) is 12.1. The van der Waals surface area contributed by atoms with Crippen molar-refractivity contribution in [2.45, 2.75) is 33.1 Å². The van der Waals surface area contributed by atoms with Crippen LogP contribution in [-0.2, 0) is 9.53 Å². The van der Waals surface area contributed by atoms with Crippen LogP contribution in [0.2, 0.25) is 0 Å². The molecule has 1 aromatic rings. The number of ketones is 1. The van der Waals surface area contributed by atoms with Gasteiger partial charge in [0.25, 0.3) is 0 Å². The molecule has 1 aromatic heterocycles. The predicted octanol–water partition coefficient (Wildman–Crippen LogP) is 2.90. The summed E-state index contributed by atoms with van der Waals surface area (Å²) in [4.78, 5) is 27.6. The van der Waals surface area contributed by atoms with Crippen LogP contribution < -0.4 is 5.32 Å². The van der Waals surface area contributed by atoms with E-state index in [1.807, 2.05) is 13.8 Å². The highest BCUT2D eigenvalue weighted by Crippen LogP contribution is 2.27. The molecule has 1 heterocycles. The van der Waals surface area contributed by atoms with Crippen LogP contribution in [0.25, 0.3) is 0 Å². The van der Waals surface area contributed by atoms with Gasteiger partial charge in [-0.1, -0.05) is 13.8 Å². The average molecular weight is 359 g/mol. The summed E-state index contributed by atoms with van der Waals surface area (Å²) in [5.41, 5.74) is 0.251. The minimum atomic E-state index is -0.563. The molecule has 1 rings (SSSR count). The lowest BCUT2D eigenvalue weighted by Crippen LogP contribution is -2.15. The Balaban J connectivity index is 2.90. The van der Waals surface area contributed by atoms with Gasteiger partial charge in [0, 0.05) is 6.54 Å². The molecular weight excluding hydrogens is 340 g/mol. The number of carbonyl (C=O) groups excluding carboxylic acids is 2. The fourth-order valence-electron chi connectivity index (χ4n) is 1.56. The number of carbonyl (C=O) groups is 2. The molecule has 7 heteroatoms. The summed E-state index contributed by atoms with van der Waals surface area (Å²) in [6.07, 6.45) is 1.19. The fourth-order valence-corrected chi connectivity index (χ4v) is 1.88. The molecule has 6 nitrogen and oxygen atoms in total. The predicted molar refractivity (Wildman–Crippen MR) is 82.6 cm³/mol. The number of pyridine rings is 1. The molecule has 0 atom stereocenters. The number of esters is 1. The number of ether oxygens (including phenoxy) is 1. The van der Waals surface area contributed by atoms with Gasteiger partial charge in [-0.25, -0.2) is 0 Å². The number of Topliss-reactive ketones (excluding diaryl/α,β-unsaturated/α-hetero) is 1. The Morgan fingerprint density at radius 2 is 2.10 bits per heavy atom. The SMILES string of the molecule is CCCNc1nc(O)c(Br)cc1C(=O)CC(=O)OCCC. The molecule has 2 N–H and O–H groups in total. The summed E-state index contributed by atoms with van der Waals surface area (Å²) in [7, 11) is 0. The van der Waals surface area contributed by atoms with Crippen LogP contribution in [0.5, 0.6) is 5.88 Å². The van der Waals surface area contributed by atoms with E-state index in [-0.39, 0.29) is 23.7 Å². The lowest BCUT2D eigenvalue weighted by molar-refractivity contribution is -0.142. The van der Waals surface area contributed by atoms with Crippen LogP contribution in [0.4, 0.5) is 5.82 Å². The van der Waals surface area contributed by atoms with Gasteiger partial charge in [0.2, 0.25) is 5.88 Å².